The van der Waals surface area contributed by atoms with Crippen molar-refractivity contribution in [1.82, 2.24) is 14.5 Å². The third kappa shape index (κ3) is 2.57. The molecular formula is C16H14FN3OS. The van der Waals surface area contributed by atoms with Crippen molar-refractivity contribution in [2.45, 2.75) is 5.16 Å². The minimum atomic E-state index is -0.284. The lowest BCUT2D eigenvalue weighted by atomic mass is 10.1. The molecule has 3 rings (SSSR count). The molecule has 0 fully saturated rings. The Bertz CT molecular complexity index is 868. The third-order valence-corrected chi connectivity index (χ3v) is 4.13. The molecule has 1 N–H and O–H groups in total. The predicted molar refractivity (Wildman–Crippen MR) is 86.4 cm³/mol. The second-order valence-electron chi connectivity index (χ2n) is 4.80. The number of hydrogen-bond acceptors (Lipinski definition) is 3. The Morgan fingerprint density at radius 3 is 2.55 bits per heavy atom. The molecule has 2 aromatic heterocycles. The highest BCUT2D eigenvalue weighted by Crippen LogP contribution is 2.34. The third-order valence-electron chi connectivity index (χ3n) is 3.40. The van der Waals surface area contributed by atoms with Gasteiger partial charge in [0.25, 0.3) is 0 Å². The van der Waals surface area contributed by atoms with Gasteiger partial charge in [-0.05, 0) is 36.6 Å². The highest BCUT2D eigenvalue weighted by Gasteiger charge is 2.17. The van der Waals surface area contributed by atoms with E-state index in [1.807, 2.05) is 17.9 Å². The van der Waals surface area contributed by atoms with Crippen molar-refractivity contribution < 1.29 is 4.39 Å². The maximum Gasteiger partial charge on any atom is 0.248 e. The summed E-state index contributed by atoms with van der Waals surface area (Å²) >= 11 is 1.52. The summed E-state index contributed by atoms with van der Waals surface area (Å²) < 4.78 is 15.1. The molecular weight excluding hydrogens is 301 g/mol. The Hall–Kier alpha value is -2.34. The Balaban J connectivity index is 2.26. The molecule has 0 unspecified atom stereocenters. The maximum atomic E-state index is 13.2. The van der Waals surface area contributed by atoms with Gasteiger partial charge in [-0.2, -0.15) is 0 Å². The number of imidazole rings is 1. The van der Waals surface area contributed by atoms with Crippen LogP contribution in [-0.2, 0) is 7.05 Å². The van der Waals surface area contributed by atoms with Crippen LogP contribution >= 0.6 is 11.8 Å². The lowest BCUT2D eigenvalue weighted by Crippen LogP contribution is -2.02. The van der Waals surface area contributed by atoms with Gasteiger partial charge >= 0.3 is 0 Å². The zero-order valence-electron chi connectivity index (χ0n) is 12.1. The van der Waals surface area contributed by atoms with E-state index >= 15 is 0 Å². The van der Waals surface area contributed by atoms with Gasteiger partial charge in [0.05, 0.1) is 11.4 Å². The number of pyridine rings is 1. The van der Waals surface area contributed by atoms with E-state index in [-0.39, 0.29) is 11.4 Å². The molecule has 0 aliphatic heterocycles. The number of halogens is 1. The molecule has 0 aliphatic rings. The maximum absolute atomic E-state index is 13.2. The Kier molecular flexibility index (Phi) is 3.85. The van der Waals surface area contributed by atoms with Gasteiger partial charge in [0.2, 0.25) is 5.56 Å². The summed E-state index contributed by atoms with van der Waals surface area (Å²) in [5, 5.41) is 0.828. The molecule has 0 saturated carbocycles. The van der Waals surface area contributed by atoms with Gasteiger partial charge in [0.1, 0.15) is 5.82 Å². The van der Waals surface area contributed by atoms with Crippen molar-refractivity contribution >= 4 is 11.8 Å². The van der Waals surface area contributed by atoms with Crippen molar-refractivity contribution in [2.24, 2.45) is 7.05 Å². The van der Waals surface area contributed by atoms with Crippen molar-refractivity contribution in [1.29, 1.82) is 0 Å². The van der Waals surface area contributed by atoms with Gasteiger partial charge < -0.3 is 9.55 Å². The quantitative estimate of drug-likeness (QED) is 0.755. The second kappa shape index (κ2) is 5.81. The van der Waals surface area contributed by atoms with Crippen LogP contribution in [0.3, 0.4) is 0 Å². The molecule has 0 bridgehead atoms. The average Bonchev–Trinajstić information content (AvgIpc) is 2.85. The van der Waals surface area contributed by atoms with E-state index in [1.165, 1.54) is 30.0 Å². The standard InChI is InChI=1S/C16H14FN3OS/c1-20-15(10-3-5-12(17)6-4-10)14(19-16(20)22-2)11-7-8-18-13(21)9-11/h3-9H,1-2H3,(H,18,21). The first-order chi connectivity index (χ1) is 10.6. The number of nitrogens with one attached hydrogen (secondary N) is 1. The van der Waals surface area contributed by atoms with Crippen molar-refractivity contribution in [2.75, 3.05) is 6.26 Å². The van der Waals surface area contributed by atoms with E-state index < -0.39 is 0 Å². The summed E-state index contributed by atoms with van der Waals surface area (Å²) in [6, 6.07) is 9.59. The number of hydrogen-bond donors (Lipinski definition) is 1. The molecule has 1 aromatic carbocycles. The molecule has 0 aliphatic carbocycles. The minimum Gasteiger partial charge on any atom is -0.329 e. The fourth-order valence-corrected chi connectivity index (χ4v) is 2.94. The summed E-state index contributed by atoms with van der Waals surface area (Å²) in [5.41, 5.74) is 2.98. The Morgan fingerprint density at radius 2 is 1.91 bits per heavy atom. The molecule has 112 valence electrons. The van der Waals surface area contributed by atoms with E-state index in [2.05, 4.69) is 9.97 Å². The molecule has 6 heteroatoms. The molecule has 3 aromatic rings. The van der Waals surface area contributed by atoms with Gasteiger partial charge in [-0.25, -0.2) is 9.37 Å². The molecule has 0 saturated heterocycles. The van der Waals surface area contributed by atoms with Crippen molar-refractivity contribution in [3.8, 4) is 22.5 Å². The van der Waals surface area contributed by atoms with Gasteiger partial charge in [-0.15, -0.1) is 0 Å². The van der Waals surface area contributed by atoms with Crippen LogP contribution in [0.25, 0.3) is 22.5 Å². The highest BCUT2D eigenvalue weighted by molar-refractivity contribution is 7.98. The largest absolute Gasteiger partial charge is 0.329 e. The molecule has 4 nitrogen and oxygen atoms in total. The fraction of sp³-hybridized carbons (Fsp3) is 0.125. The van der Waals surface area contributed by atoms with E-state index in [0.29, 0.717) is 5.69 Å². The van der Waals surface area contributed by atoms with Crippen molar-refractivity contribution in [3.05, 3.63) is 58.8 Å². The van der Waals surface area contributed by atoms with E-state index in [1.54, 1.807) is 24.4 Å². The number of nitrogens with zero attached hydrogens (tertiary/aromatic N) is 2. The number of thioether (sulfide) groups is 1. The molecule has 0 amide bonds. The number of aromatic amines is 1. The lowest BCUT2D eigenvalue weighted by molar-refractivity contribution is 0.628. The van der Waals surface area contributed by atoms with Gasteiger partial charge in [-0.1, -0.05) is 11.8 Å². The molecule has 0 spiro atoms. The fourth-order valence-electron chi connectivity index (χ4n) is 2.39. The van der Waals surface area contributed by atoms with Crippen LogP contribution in [0.15, 0.2) is 52.5 Å². The predicted octanol–water partition coefficient (Wildman–Crippen LogP) is 3.30. The van der Waals surface area contributed by atoms with Crippen LogP contribution in [0.1, 0.15) is 0 Å². The lowest BCUT2D eigenvalue weighted by Gasteiger charge is -2.07. The molecule has 2 heterocycles. The zero-order valence-corrected chi connectivity index (χ0v) is 12.9. The first-order valence-corrected chi connectivity index (χ1v) is 7.88. The Morgan fingerprint density at radius 1 is 1.18 bits per heavy atom. The Labute approximate surface area is 131 Å². The number of H-pyrrole nitrogens is 1. The van der Waals surface area contributed by atoms with Crippen LogP contribution in [0.4, 0.5) is 4.39 Å². The highest BCUT2D eigenvalue weighted by atomic mass is 32.2. The van der Waals surface area contributed by atoms with E-state index in [4.69, 9.17) is 0 Å². The molecule has 22 heavy (non-hydrogen) atoms. The summed E-state index contributed by atoms with van der Waals surface area (Å²) in [4.78, 5) is 18.8. The molecule has 0 radical (unpaired) electrons. The van der Waals surface area contributed by atoms with Crippen molar-refractivity contribution in [3.63, 3.8) is 0 Å². The summed E-state index contributed by atoms with van der Waals surface area (Å²) in [6.45, 7) is 0. The smallest absolute Gasteiger partial charge is 0.248 e. The minimum absolute atomic E-state index is 0.182. The van der Waals surface area contributed by atoms with Crippen LogP contribution in [0.2, 0.25) is 0 Å². The van der Waals surface area contributed by atoms with E-state index in [9.17, 15) is 9.18 Å². The average molecular weight is 315 g/mol. The van der Waals surface area contributed by atoms with Gasteiger partial charge in [-0.3, -0.25) is 4.79 Å². The molecule has 0 atom stereocenters. The first-order valence-electron chi connectivity index (χ1n) is 6.66. The first kappa shape index (κ1) is 14.6. The van der Waals surface area contributed by atoms with Crippen LogP contribution < -0.4 is 5.56 Å². The monoisotopic (exact) mass is 315 g/mol. The van der Waals surface area contributed by atoms with Crippen LogP contribution in [0.5, 0.6) is 0 Å². The van der Waals surface area contributed by atoms with Gasteiger partial charge in [0.15, 0.2) is 5.16 Å². The summed E-state index contributed by atoms with van der Waals surface area (Å²) in [6.07, 6.45) is 3.54. The number of aromatic nitrogens is 3. The van der Waals surface area contributed by atoms with E-state index in [0.717, 1.165) is 22.0 Å². The normalized spacial score (nSPS) is 10.9. The summed E-state index contributed by atoms with van der Waals surface area (Å²) in [5.74, 6) is -0.284. The topological polar surface area (TPSA) is 50.7 Å². The second-order valence-corrected chi connectivity index (χ2v) is 5.58. The zero-order chi connectivity index (χ0) is 15.7. The van der Waals surface area contributed by atoms with Crippen LogP contribution in [-0.4, -0.2) is 20.8 Å². The number of rotatable bonds is 3. The van der Waals surface area contributed by atoms with Gasteiger partial charge in [0, 0.05) is 30.4 Å². The number of benzene rings is 1. The summed E-state index contributed by atoms with van der Waals surface area (Å²) in [7, 11) is 1.91. The SMILES string of the molecule is CSc1nc(-c2cc[nH]c(=O)c2)c(-c2ccc(F)cc2)n1C. The van der Waals surface area contributed by atoms with Crippen LogP contribution in [0, 0.1) is 5.82 Å².